The SMILES string of the molecule is COc1c(C)c2c(c3c1CC[C@@](C)(CCC(=O)O)O3)C(=O)OC2. The van der Waals surface area contributed by atoms with Gasteiger partial charge >= 0.3 is 11.9 Å². The van der Waals surface area contributed by atoms with Gasteiger partial charge in [-0.1, -0.05) is 0 Å². The first kappa shape index (κ1) is 15.6. The molecule has 0 aromatic heterocycles. The maximum Gasteiger partial charge on any atom is 0.342 e. The maximum absolute atomic E-state index is 12.1. The Kier molecular flexibility index (Phi) is 3.70. The molecule has 2 aliphatic heterocycles. The molecule has 0 amide bonds. The molecular formula is C17H20O6. The molecule has 0 bridgehead atoms. The second-order valence-electron chi connectivity index (χ2n) is 6.34. The number of rotatable bonds is 4. The van der Waals surface area contributed by atoms with Crippen LogP contribution in [-0.4, -0.2) is 29.8 Å². The van der Waals surface area contributed by atoms with Crippen LogP contribution in [0.15, 0.2) is 0 Å². The first-order chi connectivity index (χ1) is 10.9. The normalized spacial score (nSPS) is 22.0. The van der Waals surface area contributed by atoms with E-state index in [4.69, 9.17) is 19.3 Å². The lowest BCUT2D eigenvalue weighted by molar-refractivity contribution is -0.138. The summed E-state index contributed by atoms with van der Waals surface area (Å²) in [6, 6.07) is 0. The van der Waals surface area contributed by atoms with E-state index in [0.29, 0.717) is 30.6 Å². The number of fused-ring (bicyclic) bond motifs is 3. The molecule has 6 nitrogen and oxygen atoms in total. The number of carbonyl (C=O) groups excluding carboxylic acids is 1. The van der Waals surface area contributed by atoms with Gasteiger partial charge in [-0.15, -0.1) is 0 Å². The average molecular weight is 320 g/mol. The van der Waals surface area contributed by atoms with Crippen molar-refractivity contribution in [2.75, 3.05) is 7.11 Å². The molecule has 0 fully saturated rings. The van der Waals surface area contributed by atoms with Gasteiger partial charge in [0.2, 0.25) is 0 Å². The Morgan fingerprint density at radius 2 is 2.13 bits per heavy atom. The van der Waals surface area contributed by atoms with Gasteiger partial charge in [-0.25, -0.2) is 4.79 Å². The Morgan fingerprint density at radius 3 is 2.78 bits per heavy atom. The Morgan fingerprint density at radius 1 is 1.39 bits per heavy atom. The molecule has 1 aromatic rings. The van der Waals surface area contributed by atoms with Gasteiger partial charge < -0.3 is 19.3 Å². The van der Waals surface area contributed by atoms with Gasteiger partial charge in [0, 0.05) is 17.5 Å². The zero-order chi connectivity index (χ0) is 16.8. The first-order valence-electron chi connectivity index (χ1n) is 7.66. The van der Waals surface area contributed by atoms with Crippen LogP contribution in [0.2, 0.25) is 0 Å². The predicted molar refractivity (Wildman–Crippen MR) is 81.1 cm³/mol. The number of carboxylic acid groups (broad SMARTS) is 1. The Hall–Kier alpha value is -2.24. The third kappa shape index (κ3) is 2.52. The molecule has 124 valence electrons. The molecule has 1 aromatic carbocycles. The number of benzene rings is 1. The predicted octanol–water partition coefficient (Wildman–Crippen LogP) is 2.62. The highest BCUT2D eigenvalue weighted by Gasteiger charge is 2.40. The van der Waals surface area contributed by atoms with Crippen LogP contribution in [0.5, 0.6) is 11.5 Å². The van der Waals surface area contributed by atoms with Gasteiger partial charge in [0.05, 0.1) is 7.11 Å². The van der Waals surface area contributed by atoms with E-state index in [-0.39, 0.29) is 19.0 Å². The molecule has 1 atom stereocenters. The Bertz CT molecular complexity index is 693. The lowest BCUT2D eigenvalue weighted by Crippen LogP contribution is -2.37. The standard InChI is InChI=1S/C17H20O6/c1-9-11-8-22-16(20)13(11)15-10(14(9)21-3)4-6-17(2,23-15)7-5-12(18)19/h4-8H2,1-3H3,(H,18,19)/t17-/m0/s1. The van der Waals surface area contributed by atoms with Crippen LogP contribution in [0, 0.1) is 6.92 Å². The van der Waals surface area contributed by atoms with Crippen LogP contribution >= 0.6 is 0 Å². The Balaban J connectivity index is 2.07. The van der Waals surface area contributed by atoms with E-state index in [1.54, 1.807) is 7.11 Å². The summed E-state index contributed by atoms with van der Waals surface area (Å²) in [5.74, 6) is -0.00217. The highest BCUT2D eigenvalue weighted by molar-refractivity contribution is 5.98. The van der Waals surface area contributed by atoms with Crippen LogP contribution in [0.1, 0.15) is 53.2 Å². The minimum Gasteiger partial charge on any atom is -0.496 e. The topological polar surface area (TPSA) is 82.1 Å². The molecule has 23 heavy (non-hydrogen) atoms. The summed E-state index contributed by atoms with van der Waals surface area (Å²) in [5.41, 5.74) is 2.44. The average Bonchev–Trinajstić information content (AvgIpc) is 2.89. The summed E-state index contributed by atoms with van der Waals surface area (Å²) < 4.78 is 16.8. The summed E-state index contributed by atoms with van der Waals surface area (Å²) in [6.07, 6.45) is 1.77. The molecule has 6 heteroatoms. The third-order valence-electron chi connectivity index (χ3n) is 4.75. The summed E-state index contributed by atoms with van der Waals surface area (Å²) in [4.78, 5) is 23.0. The molecular weight excluding hydrogens is 300 g/mol. The van der Waals surface area contributed by atoms with Crippen molar-refractivity contribution in [2.24, 2.45) is 0 Å². The van der Waals surface area contributed by atoms with E-state index in [1.807, 2.05) is 13.8 Å². The fraction of sp³-hybridized carbons (Fsp3) is 0.529. The van der Waals surface area contributed by atoms with Gasteiger partial charge in [-0.05, 0) is 38.7 Å². The molecule has 3 rings (SSSR count). The molecule has 0 spiro atoms. The zero-order valence-corrected chi connectivity index (χ0v) is 13.5. The number of carbonyl (C=O) groups is 2. The highest BCUT2D eigenvalue weighted by atomic mass is 16.5. The monoisotopic (exact) mass is 320 g/mol. The number of ether oxygens (including phenoxy) is 3. The van der Waals surface area contributed by atoms with E-state index < -0.39 is 11.6 Å². The molecule has 0 radical (unpaired) electrons. The zero-order valence-electron chi connectivity index (χ0n) is 13.5. The van der Waals surface area contributed by atoms with E-state index in [0.717, 1.165) is 22.4 Å². The van der Waals surface area contributed by atoms with E-state index in [2.05, 4.69) is 0 Å². The minimum atomic E-state index is -0.855. The van der Waals surface area contributed by atoms with Gasteiger partial charge in [-0.3, -0.25) is 4.79 Å². The number of hydrogen-bond acceptors (Lipinski definition) is 5. The highest BCUT2D eigenvalue weighted by Crippen LogP contribution is 2.47. The summed E-state index contributed by atoms with van der Waals surface area (Å²) in [5, 5.41) is 8.92. The van der Waals surface area contributed by atoms with Crippen molar-refractivity contribution >= 4 is 11.9 Å². The maximum atomic E-state index is 12.1. The van der Waals surface area contributed by atoms with Gasteiger partial charge in [0.15, 0.2) is 0 Å². The van der Waals surface area contributed by atoms with E-state index >= 15 is 0 Å². The van der Waals surface area contributed by atoms with Crippen molar-refractivity contribution in [3.63, 3.8) is 0 Å². The second-order valence-corrected chi connectivity index (χ2v) is 6.34. The van der Waals surface area contributed by atoms with Crippen LogP contribution in [0.4, 0.5) is 0 Å². The molecule has 2 aliphatic rings. The fourth-order valence-electron chi connectivity index (χ4n) is 3.40. The number of hydrogen-bond donors (Lipinski definition) is 1. The van der Waals surface area contributed by atoms with Crippen LogP contribution in [0.3, 0.4) is 0 Å². The molecule has 0 saturated heterocycles. The molecule has 0 unspecified atom stereocenters. The number of methoxy groups -OCH3 is 1. The summed E-state index contributed by atoms with van der Waals surface area (Å²) in [6.45, 7) is 4.02. The quantitative estimate of drug-likeness (QED) is 0.859. The smallest absolute Gasteiger partial charge is 0.342 e. The van der Waals surface area contributed by atoms with Crippen molar-refractivity contribution in [1.82, 2.24) is 0 Å². The summed E-state index contributed by atoms with van der Waals surface area (Å²) in [7, 11) is 1.60. The fourth-order valence-corrected chi connectivity index (χ4v) is 3.40. The second kappa shape index (κ2) is 5.44. The van der Waals surface area contributed by atoms with Crippen molar-refractivity contribution in [2.45, 2.75) is 51.7 Å². The van der Waals surface area contributed by atoms with Gasteiger partial charge in [-0.2, -0.15) is 0 Å². The molecule has 2 heterocycles. The molecule has 0 saturated carbocycles. The lowest BCUT2D eigenvalue weighted by Gasteiger charge is -2.37. The van der Waals surface area contributed by atoms with Crippen molar-refractivity contribution < 1.29 is 28.9 Å². The van der Waals surface area contributed by atoms with Crippen molar-refractivity contribution in [3.05, 3.63) is 22.3 Å². The van der Waals surface area contributed by atoms with Crippen molar-refractivity contribution in [1.29, 1.82) is 0 Å². The third-order valence-corrected chi connectivity index (χ3v) is 4.75. The number of esters is 1. The number of carboxylic acids is 1. The molecule has 1 N–H and O–H groups in total. The lowest BCUT2D eigenvalue weighted by atomic mass is 9.85. The van der Waals surface area contributed by atoms with Gasteiger partial charge in [0.25, 0.3) is 0 Å². The van der Waals surface area contributed by atoms with E-state index in [9.17, 15) is 9.59 Å². The number of aliphatic carboxylic acids is 1. The minimum absolute atomic E-state index is 0.0292. The van der Waals surface area contributed by atoms with Gasteiger partial charge in [0.1, 0.15) is 29.3 Å². The van der Waals surface area contributed by atoms with Crippen molar-refractivity contribution in [3.8, 4) is 11.5 Å². The van der Waals surface area contributed by atoms with Crippen LogP contribution in [0.25, 0.3) is 0 Å². The van der Waals surface area contributed by atoms with Crippen LogP contribution < -0.4 is 9.47 Å². The first-order valence-corrected chi connectivity index (χ1v) is 7.66. The number of cyclic esters (lactones) is 1. The summed E-state index contributed by atoms with van der Waals surface area (Å²) >= 11 is 0. The van der Waals surface area contributed by atoms with E-state index in [1.165, 1.54) is 0 Å². The largest absolute Gasteiger partial charge is 0.496 e. The molecule has 0 aliphatic carbocycles. The Labute approximate surface area is 134 Å². The van der Waals surface area contributed by atoms with Crippen LogP contribution in [-0.2, 0) is 22.6 Å².